The van der Waals surface area contributed by atoms with E-state index in [4.69, 9.17) is 16.0 Å². The third-order valence-corrected chi connectivity index (χ3v) is 6.10. The molecule has 1 aliphatic heterocycles. The number of amidine groups is 1. The van der Waals surface area contributed by atoms with Crippen LogP contribution in [0.3, 0.4) is 0 Å². The normalized spacial score (nSPS) is 15.5. The van der Waals surface area contributed by atoms with Crippen molar-refractivity contribution in [2.75, 3.05) is 5.75 Å². The molecule has 0 saturated carbocycles. The van der Waals surface area contributed by atoms with E-state index in [2.05, 4.69) is 4.99 Å². The molecule has 0 spiro atoms. The smallest absolute Gasteiger partial charge is 0.431 e. The first kappa shape index (κ1) is 23.8. The van der Waals surface area contributed by atoms with Crippen molar-refractivity contribution in [2.45, 2.75) is 12.7 Å². The van der Waals surface area contributed by atoms with Crippen molar-refractivity contribution in [1.29, 1.82) is 0 Å². The Bertz CT molecular complexity index is 1430. The van der Waals surface area contributed by atoms with Crippen LogP contribution in [0.25, 0.3) is 5.69 Å². The van der Waals surface area contributed by atoms with Gasteiger partial charge in [-0.1, -0.05) is 23.4 Å². The van der Waals surface area contributed by atoms with Crippen LogP contribution in [0.1, 0.15) is 11.5 Å². The van der Waals surface area contributed by atoms with Crippen LogP contribution in [-0.4, -0.2) is 30.9 Å². The third-order valence-electron chi connectivity index (χ3n) is 4.83. The number of nitrogens with zero attached hydrogens (tertiary/aromatic N) is 4. The molecule has 1 aliphatic rings. The molecule has 0 unspecified atom stereocenters. The largest absolute Gasteiger partial charge is 0.467 e. The van der Waals surface area contributed by atoms with Crippen LogP contribution in [0.2, 0.25) is 5.02 Å². The van der Waals surface area contributed by atoms with Gasteiger partial charge in [0.2, 0.25) is 5.91 Å². The summed E-state index contributed by atoms with van der Waals surface area (Å²) in [6, 6.07) is 5.22. The van der Waals surface area contributed by atoms with E-state index in [1.165, 1.54) is 11.2 Å². The molecule has 3 aromatic rings. The maximum Gasteiger partial charge on any atom is 0.431 e. The molecule has 0 atom stereocenters. The molecule has 1 fully saturated rings. The van der Waals surface area contributed by atoms with Gasteiger partial charge in [-0.3, -0.25) is 19.1 Å². The van der Waals surface area contributed by atoms with Gasteiger partial charge in [0.25, 0.3) is 5.56 Å². The number of thioether (sulfide) groups is 1. The fourth-order valence-corrected chi connectivity index (χ4v) is 4.29. The van der Waals surface area contributed by atoms with Crippen molar-refractivity contribution in [2.24, 2.45) is 12.0 Å². The molecule has 1 saturated heterocycles. The summed E-state index contributed by atoms with van der Waals surface area (Å²) in [5, 5.41) is -0.00282. The van der Waals surface area contributed by atoms with Gasteiger partial charge in [-0.25, -0.2) is 18.7 Å². The molecule has 178 valence electrons. The summed E-state index contributed by atoms with van der Waals surface area (Å²) in [6.45, 7) is 0.0717. The van der Waals surface area contributed by atoms with E-state index < -0.39 is 34.6 Å². The highest BCUT2D eigenvalue weighted by atomic mass is 35.5. The number of halogens is 5. The predicted octanol–water partition coefficient (Wildman–Crippen LogP) is 3.70. The molecular weight excluding hydrogens is 504 g/mol. The molecular formula is C20H13ClF4N4O4S. The van der Waals surface area contributed by atoms with Gasteiger partial charge in [0.15, 0.2) is 5.17 Å². The van der Waals surface area contributed by atoms with Gasteiger partial charge in [0, 0.05) is 13.1 Å². The van der Waals surface area contributed by atoms with E-state index >= 15 is 0 Å². The number of hydrogen-bond donors (Lipinski definition) is 0. The molecule has 8 nitrogen and oxygen atoms in total. The molecule has 4 rings (SSSR count). The summed E-state index contributed by atoms with van der Waals surface area (Å²) in [6.07, 6.45) is -3.53. The number of furan rings is 1. The summed E-state index contributed by atoms with van der Waals surface area (Å²) in [7, 11) is 0.809. The van der Waals surface area contributed by atoms with Gasteiger partial charge in [-0.2, -0.15) is 13.2 Å². The highest BCUT2D eigenvalue weighted by Crippen LogP contribution is 2.33. The minimum atomic E-state index is -4.97. The van der Waals surface area contributed by atoms with Gasteiger partial charge >= 0.3 is 11.9 Å². The first-order chi connectivity index (χ1) is 16.0. The van der Waals surface area contributed by atoms with Gasteiger partial charge in [0.1, 0.15) is 17.3 Å². The lowest BCUT2D eigenvalue weighted by Gasteiger charge is -2.16. The molecule has 0 radical (unpaired) electrons. The SMILES string of the molecule is Cn1c(C(F)(F)F)cc(=O)n(-c2cc(N=C3SCC(=O)N3Cc3ccco3)c(Cl)cc2F)c1=O. The highest BCUT2D eigenvalue weighted by molar-refractivity contribution is 8.15. The van der Waals surface area contributed by atoms with Crippen LogP contribution in [0, 0.1) is 5.82 Å². The molecule has 1 amide bonds. The third kappa shape index (κ3) is 4.40. The average Bonchev–Trinajstić information content (AvgIpc) is 3.38. The Balaban J connectivity index is 1.82. The molecule has 0 N–H and O–H groups in total. The summed E-state index contributed by atoms with van der Waals surface area (Å²) < 4.78 is 59.7. The topological polar surface area (TPSA) is 89.8 Å². The molecule has 2 aromatic heterocycles. The second-order valence-corrected chi connectivity index (χ2v) is 8.39. The number of amides is 1. The van der Waals surface area contributed by atoms with E-state index in [0.29, 0.717) is 5.76 Å². The molecule has 14 heteroatoms. The fraction of sp³-hybridized carbons (Fsp3) is 0.200. The summed E-state index contributed by atoms with van der Waals surface area (Å²) >= 11 is 7.17. The lowest BCUT2D eigenvalue weighted by molar-refractivity contribution is -0.144. The summed E-state index contributed by atoms with van der Waals surface area (Å²) in [4.78, 5) is 42.8. The van der Waals surface area contributed by atoms with E-state index in [1.807, 2.05) is 0 Å². The molecule has 0 aliphatic carbocycles. The zero-order valence-electron chi connectivity index (χ0n) is 17.1. The van der Waals surface area contributed by atoms with Crippen molar-refractivity contribution in [3.8, 4) is 5.69 Å². The Morgan fingerprint density at radius 2 is 1.94 bits per heavy atom. The van der Waals surface area contributed by atoms with Crippen LogP contribution >= 0.6 is 23.4 Å². The first-order valence-corrected chi connectivity index (χ1v) is 10.8. The monoisotopic (exact) mass is 516 g/mol. The Hall–Kier alpha value is -3.32. The van der Waals surface area contributed by atoms with E-state index in [0.717, 1.165) is 30.9 Å². The number of benzene rings is 1. The standard InChI is InChI=1S/C20H13ClF4N4O4S/c1-27-15(20(23,24)25)7-16(30)29(19(27)32)14-6-13(11(21)5-12(14)22)26-18-28(17(31)9-34-18)8-10-3-2-4-33-10/h2-7H,8-9H2,1H3. The number of aliphatic imine (C=N–C) groups is 1. The lowest BCUT2D eigenvalue weighted by atomic mass is 10.2. The Morgan fingerprint density at radius 3 is 2.59 bits per heavy atom. The van der Waals surface area contributed by atoms with Gasteiger partial charge in [-0.05, 0) is 24.3 Å². The molecule has 3 heterocycles. The number of aromatic nitrogens is 2. The molecule has 34 heavy (non-hydrogen) atoms. The van der Waals surface area contributed by atoms with Crippen molar-refractivity contribution < 1.29 is 26.8 Å². The van der Waals surface area contributed by atoms with Crippen LogP contribution in [0.4, 0.5) is 23.2 Å². The number of carbonyl (C=O) groups excluding carboxylic acids is 1. The molecule has 1 aromatic carbocycles. The zero-order chi connectivity index (χ0) is 24.8. The average molecular weight is 517 g/mol. The second-order valence-electron chi connectivity index (χ2n) is 7.04. The Morgan fingerprint density at radius 1 is 1.21 bits per heavy atom. The summed E-state index contributed by atoms with van der Waals surface area (Å²) in [5.41, 5.74) is -5.03. The quantitative estimate of drug-likeness (QED) is 0.493. The van der Waals surface area contributed by atoms with E-state index in [1.54, 1.807) is 12.1 Å². The van der Waals surface area contributed by atoms with E-state index in [9.17, 15) is 31.9 Å². The maximum atomic E-state index is 14.7. The fourth-order valence-electron chi connectivity index (χ4n) is 3.20. The minimum Gasteiger partial charge on any atom is -0.467 e. The number of alkyl halides is 3. The van der Waals surface area contributed by atoms with Crippen molar-refractivity contribution in [3.05, 3.63) is 79.7 Å². The Labute approximate surface area is 197 Å². The van der Waals surface area contributed by atoms with Gasteiger partial charge in [-0.15, -0.1) is 0 Å². The van der Waals surface area contributed by atoms with Crippen LogP contribution in [0.5, 0.6) is 0 Å². The Kier molecular flexibility index (Phi) is 6.16. The van der Waals surface area contributed by atoms with Gasteiger partial charge in [0.05, 0.1) is 35.0 Å². The van der Waals surface area contributed by atoms with Crippen molar-refractivity contribution in [3.63, 3.8) is 0 Å². The number of hydrogen-bond acceptors (Lipinski definition) is 6. The highest BCUT2D eigenvalue weighted by Gasteiger charge is 2.35. The van der Waals surface area contributed by atoms with Crippen molar-refractivity contribution >= 4 is 40.1 Å². The van der Waals surface area contributed by atoms with Crippen molar-refractivity contribution in [1.82, 2.24) is 14.0 Å². The second kappa shape index (κ2) is 8.80. The van der Waals surface area contributed by atoms with Crippen LogP contribution < -0.4 is 11.2 Å². The number of rotatable bonds is 4. The van der Waals surface area contributed by atoms with Gasteiger partial charge < -0.3 is 4.42 Å². The van der Waals surface area contributed by atoms with Crippen LogP contribution in [-0.2, 0) is 24.6 Å². The summed E-state index contributed by atoms with van der Waals surface area (Å²) in [5.74, 6) is -0.847. The first-order valence-electron chi connectivity index (χ1n) is 9.41. The molecule has 0 bridgehead atoms. The number of carbonyl (C=O) groups is 1. The predicted molar refractivity (Wildman–Crippen MR) is 116 cm³/mol. The van der Waals surface area contributed by atoms with Crippen LogP contribution in [0.15, 0.2) is 55.6 Å². The zero-order valence-corrected chi connectivity index (χ0v) is 18.7. The maximum absolute atomic E-state index is 14.7. The lowest BCUT2D eigenvalue weighted by Crippen LogP contribution is -2.41. The minimum absolute atomic E-state index is 0.0717. The van der Waals surface area contributed by atoms with E-state index in [-0.39, 0.29) is 49.3 Å².